The van der Waals surface area contributed by atoms with Crippen LogP contribution in [0.4, 0.5) is 5.13 Å². The molecule has 6 heteroatoms. The Morgan fingerprint density at radius 2 is 2.29 bits per heavy atom. The number of ether oxygens (including phenoxy) is 1. The van der Waals surface area contributed by atoms with Crippen molar-refractivity contribution < 1.29 is 14.6 Å². The summed E-state index contributed by atoms with van der Waals surface area (Å²) in [7, 11) is 0. The van der Waals surface area contributed by atoms with Crippen molar-refractivity contribution in [2.75, 3.05) is 11.9 Å². The highest BCUT2D eigenvalue weighted by molar-refractivity contribution is 7.17. The SMILES string of the molecule is CCCOc1cccc(CNc2nc(C)c(C(=O)[O-])s2)c1. The summed E-state index contributed by atoms with van der Waals surface area (Å²) in [6.45, 7) is 4.97. The number of carboxylic acids is 1. The van der Waals surface area contributed by atoms with E-state index < -0.39 is 5.97 Å². The van der Waals surface area contributed by atoms with Gasteiger partial charge < -0.3 is 20.0 Å². The third-order valence-corrected chi connectivity index (χ3v) is 3.89. The normalized spacial score (nSPS) is 10.4. The molecule has 5 nitrogen and oxygen atoms in total. The Bertz CT molecular complexity index is 625. The van der Waals surface area contributed by atoms with Crippen molar-refractivity contribution in [3.63, 3.8) is 0 Å². The molecule has 1 aromatic carbocycles. The minimum absolute atomic E-state index is 0.164. The van der Waals surface area contributed by atoms with Crippen LogP contribution in [0.5, 0.6) is 5.75 Å². The number of rotatable bonds is 7. The van der Waals surface area contributed by atoms with Crippen molar-refractivity contribution >= 4 is 22.4 Å². The Kier molecular flexibility index (Phi) is 5.16. The van der Waals surface area contributed by atoms with Crippen LogP contribution in [0.15, 0.2) is 24.3 Å². The summed E-state index contributed by atoms with van der Waals surface area (Å²) in [5.41, 5.74) is 1.52. The monoisotopic (exact) mass is 305 g/mol. The van der Waals surface area contributed by atoms with Crippen molar-refractivity contribution in [1.29, 1.82) is 0 Å². The van der Waals surface area contributed by atoms with Gasteiger partial charge in [-0.1, -0.05) is 30.4 Å². The van der Waals surface area contributed by atoms with Gasteiger partial charge in [-0.15, -0.1) is 0 Å². The van der Waals surface area contributed by atoms with Crippen molar-refractivity contribution in [1.82, 2.24) is 4.98 Å². The fourth-order valence-corrected chi connectivity index (χ4v) is 2.60. The molecule has 0 aliphatic heterocycles. The van der Waals surface area contributed by atoms with Gasteiger partial charge in [-0.3, -0.25) is 0 Å². The summed E-state index contributed by atoms with van der Waals surface area (Å²) in [5.74, 6) is -0.352. The molecule has 0 radical (unpaired) electrons. The molecule has 0 atom stereocenters. The molecule has 0 amide bonds. The molecule has 1 aromatic heterocycles. The van der Waals surface area contributed by atoms with Gasteiger partial charge in [-0.2, -0.15) is 0 Å². The summed E-state index contributed by atoms with van der Waals surface area (Å²) < 4.78 is 5.58. The van der Waals surface area contributed by atoms with E-state index in [1.807, 2.05) is 24.3 Å². The predicted octanol–water partition coefficient (Wildman–Crippen LogP) is 2.22. The molecule has 0 spiro atoms. The highest BCUT2D eigenvalue weighted by atomic mass is 32.1. The van der Waals surface area contributed by atoms with E-state index in [-0.39, 0.29) is 4.88 Å². The molecule has 1 heterocycles. The van der Waals surface area contributed by atoms with Crippen LogP contribution in [-0.2, 0) is 6.54 Å². The van der Waals surface area contributed by atoms with Crippen molar-refractivity contribution in [3.8, 4) is 5.75 Å². The van der Waals surface area contributed by atoms with Crippen molar-refractivity contribution in [3.05, 3.63) is 40.4 Å². The van der Waals surface area contributed by atoms with Gasteiger partial charge in [0.05, 0.1) is 23.1 Å². The fourth-order valence-electron chi connectivity index (χ4n) is 1.80. The summed E-state index contributed by atoms with van der Waals surface area (Å²) in [5, 5.41) is 14.6. The first kappa shape index (κ1) is 15.3. The average molecular weight is 305 g/mol. The van der Waals surface area contributed by atoms with Gasteiger partial charge in [0, 0.05) is 6.54 Å². The molecular formula is C15H17N2O3S-. The molecule has 0 fully saturated rings. The second-order valence-electron chi connectivity index (χ2n) is 4.57. The first-order valence-electron chi connectivity index (χ1n) is 6.74. The molecule has 0 aliphatic rings. The van der Waals surface area contributed by atoms with E-state index in [4.69, 9.17) is 4.74 Å². The Balaban J connectivity index is 1.99. The molecule has 2 rings (SSSR count). The van der Waals surface area contributed by atoms with E-state index in [9.17, 15) is 9.90 Å². The van der Waals surface area contributed by atoms with E-state index in [2.05, 4.69) is 17.2 Å². The van der Waals surface area contributed by atoms with Gasteiger partial charge in [0.2, 0.25) is 0 Å². The number of anilines is 1. The highest BCUT2D eigenvalue weighted by Gasteiger charge is 2.08. The maximum atomic E-state index is 10.9. The standard InChI is InChI=1S/C15H18N2O3S/c1-3-7-20-12-6-4-5-11(8-12)9-16-15-17-10(2)13(21-15)14(18)19/h4-6,8H,3,7,9H2,1-2H3,(H,16,17)(H,18,19)/p-1. The first-order valence-corrected chi connectivity index (χ1v) is 7.56. The number of benzene rings is 1. The fraction of sp³-hybridized carbons (Fsp3) is 0.333. The second-order valence-corrected chi connectivity index (χ2v) is 5.57. The number of nitrogens with zero attached hydrogens (tertiary/aromatic N) is 1. The van der Waals surface area contributed by atoms with Crippen LogP contribution in [0.25, 0.3) is 0 Å². The number of carbonyl (C=O) groups excluding carboxylic acids is 1. The predicted molar refractivity (Wildman–Crippen MR) is 80.7 cm³/mol. The van der Waals surface area contributed by atoms with E-state index in [1.165, 1.54) is 0 Å². The molecule has 21 heavy (non-hydrogen) atoms. The topological polar surface area (TPSA) is 74.3 Å². The average Bonchev–Trinajstić information content (AvgIpc) is 2.85. The minimum atomic E-state index is -1.19. The van der Waals surface area contributed by atoms with Gasteiger partial charge in [0.15, 0.2) is 5.13 Å². The van der Waals surface area contributed by atoms with Crippen LogP contribution in [0.2, 0.25) is 0 Å². The number of nitrogens with one attached hydrogen (secondary N) is 1. The van der Waals surface area contributed by atoms with E-state index in [0.29, 0.717) is 24.0 Å². The molecule has 0 unspecified atom stereocenters. The lowest BCUT2D eigenvalue weighted by Gasteiger charge is -2.07. The lowest BCUT2D eigenvalue weighted by Crippen LogP contribution is -2.21. The molecule has 0 saturated heterocycles. The summed E-state index contributed by atoms with van der Waals surface area (Å²) in [6, 6.07) is 7.79. The highest BCUT2D eigenvalue weighted by Crippen LogP contribution is 2.23. The first-order chi connectivity index (χ1) is 10.1. The van der Waals surface area contributed by atoms with Crippen molar-refractivity contribution in [2.45, 2.75) is 26.8 Å². The zero-order valence-electron chi connectivity index (χ0n) is 12.0. The zero-order valence-corrected chi connectivity index (χ0v) is 12.8. The van der Waals surface area contributed by atoms with Crippen LogP contribution < -0.4 is 15.2 Å². The third kappa shape index (κ3) is 4.19. The zero-order chi connectivity index (χ0) is 15.2. The van der Waals surface area contributed by atoms with Gasteiger partial charge in [0.1, 0.15) is 5.75 Å². The molecule has 0 aliphatic carbocycles. The number of aryl methyl sites for hydroxylation is 1. The van der Waals surface area contributed by atoms with Gasteiger partial charge >= 0.3 is 0 Å². The molecule has 2 aromatic rings. The number of thiazole rings is 1. The van der Waals surface area contributed by atoms with Crippen LogP contribution >= 0.6 is 11.3 Å². The van der Waals surface area contributed by atoms with Crippen molar-refractivity contribution in [2.24, 2.45) is 0 Å². The van der Waals surface area contributed by atoms with E-state index in [0.717, 1.165) is 29.1 Å². The smallest absolute Gasteiger partial charge is 0.183 e. The third-order valence-electron chi connectivity index (χ3n) is 2.80. The minimum Gasteiger partial charge on any atom is -0.544 e. The Morgan fingerprint density at radius 1 is 1.48 bits per heavy atom. The maximum Gasteiger partial charge on any atom is 0.183 e. The number of hydrogen-bond donors (Lipinski definition) is 1. The Labute approximate surface area is 127 Å². The molecular weight excluding hydrogens is 288 g/mol. The van der Waals surface area contributed by atoms with Crippen LogP contribution in [0.1, 0.15) is 34.3 Å². The lowest BCUT2D eigenvalue weighted by molar-refractivity contribution is -0.254. The van der Waals surface area contributed by atoms with Gasteiger partial charge in [-0.25, -0.2) is 4.98 Å². The Morgan fingerprint density at radius 3 is 2.95 bits per heavy atom. The summed E-state index contributed by atoms with van der Waals surface area (Å²) in [6.07, 6.45) is 0.965. The second kappa shape index (κ2) is 7.08. The molecule has 0 saturated carbocycles. The van der Waals surface area contributed by atoms with Gasteiger partial charge in [-0.05, 0) is 31.0 Å². The molecule has 1 N–H and O–H groups in total. The summed E-state index contributed by atoms with van der Waals surface area (Å²) >= 11 is 1.09. The quantitative estimate of drug-likeness (QED) is 0.849. The van der Waals surface area contributed by atoms with Crippen LogP contribution in [-0.4, -0.2) is 17.6 Å². The largest absolute Gasteiger partial charge is 0.544 e. The number of aromatic carboxylic acids is 1. The van der Waals surface area contributed by atoms with E-state index in [1.54, 1.807) is 6.92 Å². The van der Waals surface area contributed by atoms with Gasteiger partial charge in [0.25, 0.3) is 0 Å². The number of carbonyl (C=O) groups is 1. The molecule has 112 valence electrons. The number of aromatic nitrogens is 1. The number of carboxylic acid groups (broad SMARTS) is 1. The molecule has 0 bridgehead atoms. The van der Waals surface area contributed by atoms with E-state index >= 15 is 0 Å². The Hall–Kier alpha value is -2.08. The van der Waals surface area contributed by atoms with Crippen LogP contribution in [0, 0.1) is 6.92 Å². The van der Waals surface area contributed by atoms with Crippen LogP contribution in [0.3, 0.4) is 0 Å². The number of hydrogen-bond acceptors (Lipinski definition) is 6. The summed E-state index contributed by atoms with van der Waals surface area (Å²) in [4.78, 5) is 15.2. The lowest BCUT2D eigenvalue weighted by atomic mass is 10.2. The maximum absolute atomic E-state index is 10.9.